The molecule has 3 nitrogen and oxygen atoms in total. The highest BCUT2D eigenvalue weighted by Crippen LogP contribution is 2.32. The number of hydrogen-bond acceptors (Lipinski definition) is 2. The van der Waals surface area contributed by atoms with Gasteiger partial charge in [0.2, 0.25) is 0 Å². The third kappa shape index (κ3) is 2.53. The first-order chi connectivity index (χ1) is 9.25. The van der Waals surface area contributed by atoms with E-state index in [1.54, 1.807) is 0 Å². The molecule has 1 aromatic carbocycles. The molecule has 0 saturated heterocycles. The summed E-state index contributed by atoms with van der Waals surface area (Å²) in [5.74, 6) is 0. The van der Waals surface area contributed by atoms with Crippen LogP contribution in [0.4, 0.5) is 0 Å². The Kier molecular flexibility index (Phi) is 3.58. The molecule has 2 N–H and O–H groups in total. The van der Waals surface area contributed by atoms with E-state index in [0.717, 1.165) is 29.1 Å². The van der Waals surface area contributed by atoms with Crippen molar-refractivity contribution in [1.29, 1.82) is 0 Å². The maximum Gasteiger partial charge on any atom is 0.0954 e. The molecule has 100 valence electrons. The van der Waals surface area contributed by atoms with Crippen molar-refractivity contribution in [1.82, 2.24) is 9.55 Å². The van der Waals surface area contributed by atoms with E-state index < -0.39 is 0 Å². The lowest BCUT2D eigenvalue weighted by atomic mass is 9.90. The zero-order chi connectivity index (χ0) is 13.2. The van der Waals surface area contributed by atoms with Crippen LogP contribution in [0, 0.1) is 0 Å². The lowest BCUT2D eigenvalue weighted by molar-refractivity contribution is 0.308. The molecule has 1 aromatic heterocycles. The minimum atomic E-state index is 0.231. The molecule has 19 heavy (non-hydrogen) atoms. The highest BCUT2D eigenvalue weighted by atomic mass is 35.5. The van der Waals surface area contributed by atoms with Gasteiger partial charge in [-0.15, -0.1) is 0 Å². The molecule has 3 rings (SSSR count). The fourth-order valence-corrected chi connectivity index (χ4v) is 3.02. The third-order valence-electron chi connectivity index (χ3n) is 3.94. The van der Waals surface area contributed by atoms with Crippen LogP contribution in [0.5, 0.6) is 0 Å². The standard InChI is InChI=1S/C15H18ClN3/c16-12-7-5-11(6-8-12)15-9-18-10-19(15)14-4-2-1-3-13(14)17/h5-10,13-14H,1-4,17H2/t13-,14-/m1/s1. The number of nitrogens with zero attached hydrogens (tertiary/aromatic N) is 2. The van der Waals surface area contributed by atoms with E-state index in [9.17, 15) is 0 Å². The number of aromatic nitrogens is 2. The molecule has 1 aliphatic carbocycles. The second kappa shape index (κ2) is 5.35. The van der Waals surface area contributed by atoms with Crippen LogP contribution in [-0.2, 0) is 0 Å². The fraction of sp³-hybridized carbons (Fsp3) is 0.400. The zero-order valence-corrected chi connectivity index (χ0v) is 11.6. The molecule has 0 radical (unpaired) electrons. The summed E-state index contributed by atoms with van der Waals surface area (Å²) in [5, 5.41) is 0.754. The highest BCUT2D eigenvalue weighted by molar-refractivity contribution is 6.30. The van der Waals surface area contributed by atoms with Gasteiger partial charge >= 0.3 is 0 Å². The molecule has 1 fully saturated rings. The maximum atomic E-state index is 6.27. The average Bonchev–Trinajstić information content (AvgIpc) is 2.89. The van der Waals surface area contributed by atoms with Gasteiger partial charge in [-0.3, -0.25) is 0 Å². The molecule has 0 bridgehead atoms. The van der Waals surface area contributed by atoms with Gasteiger partial charge in [0.05, 0.1) is 24.3 Å². The lowest BCUT2D eigenvalue weighted by Crippen LogP contribution is -2.35. The van der Waals surface area contributed by atoms with Crippen LogP contribution in [0.25, 0.3) is 11.3 Å². The van der Waals surface area contributed by atoms with Crippen molar-refractivity contribution in [2.75, 3.05) is 0 Å². The topological polar surface area (TPSA) is 43.8 Å². The van der Waals surface area contributed by atoms with E-state index in [0.29, 0.717) is 6.04 Å². The van der Waals surface area contributed by atoms with Crippen LogP contribution in [0.2, 0.25) is 5.02 Å². The van der Waals surface area contributed by atoms with E-state index in [1.165, 1.54) is 12.8 Å². The summed E-state index contributed by atoms with van der Waals surface area (Å²) >= 11 is 5.94. The second-order valence-corrected chi connectivity index (χ2v) is 5.65. The van der Waals surface area contributed by atoms with Gasteiger partial charge in [-0.1, -0.05) is 36.6 Å². The molecule has 2 atom stereocenters. The van der Waals surface area contributed by atoms with Crippen molar-refractivity contribution in [3.05, 3.63) is 41.8 Å². The van der Waals surface area contributed by atoms with Gasteiger partial charge < -0.3 is 10.3 Å². The van der Waals surface area contributed by atoms with Crippen LogP contribution in [0.3, 0.4) is 0 Å². The minimum Gasteiger partial charge on any atom is -0.326 e. The largest absolute Gasteiger partial charge is 0.326 e. The zero-order valence-electron chi connectivity index (χ0n) is 10.8. The third-order valence-corrected chi connectivity index (χ3v) is 4.20. The number of hydrogen-bond donors (Lipinski definition) is 1. The second-order valence-electron chi connectivity index (χ2n) is 5.21. The number of imidazole rings is 1. The Morgan fingerprint density at radius 2 is 1.89 bits per heavy atom. The van der Waals surface area contributed by atoms with Crippen molar-refractivity contribution in [2.45, 2.75) is 37.8 Å². The Balaban J connectivity index is 1.95. The van der Waals surface area contributed by atoms with Gasteiger partial charge in [0.1, 0.15) is 0 Å². The molecular weight excluding hydrogens is 258 g/mol. The predicted molar refractivity (Wildman–Crippen MR) is 78.2 cm³/mol. The Morgan fingerprint density at radius 1 is 1.16 bits per heavy atom. The van der Waals surface area contributed by atoms with Crippen LogP contribution in [0.15, 0.2) is 36.8 Å². The van der Waals surface area contributed by atoms with Gasteiger partial charge in [0.15, 0.2) is 0 Å². The first-order valence-electron chi connectivity index (χ1n) is 6.79. The van der Waals surface area contributed by atoms with Crippen LogP contribution in [0.1, 0.15) is 31.7 Å². The molecule has 0 amide bonds. The Hall–Kier alpha value is -1.32. The fourth-order valence-electron chi connectivity index (χ4n) is 2.90. The van der Waals surface area contributed by atoms with Crippen LogP contribution < -0.4 is 5.73 Å². The smallest absolute Gasteiger partial charge is 0.0954 e. The summed E-state index contributed by atoms with van der Waals surface area (Å²) in [6.45, 7) is 0. The monoisotopic (exact) mass is 275 g/mol. The SMILES string of the molecule is N[C@@H]1CCCC[C@H]1n1cncc1-c1ccc(Cl)cc1. The normalized spacial score (nSPS) is 23.5. The molecule has 0 spiro atoms. The molecule has 1 heterocycles. The average molecular weight is 276 g/mol. The van der Waals surface area contributed by atoms with Gasteiger partial charge in [-0.05, 0) is 30.5 Å². The number of nitrogens with two attached hydrogens (primary N) is 1. The maximum absolute atomic E-state index is 6.27. The van der Waals surface area contributed by atoms with Gasteiger partial charge in [0.25, 0.3) is 0 Å². The molecule has 1 aliphatic rings. The predicted octanol–water partition coefficient (Wildman–Crippen LogP) is 3.65. The van der Waals surface area contributed by atoms with Crippen LogP contribution in [-0.4, -0.2) is 15.6 Å². The Bertz CT molecular complexity index is 547. The molecule has 0 unspecified atom stereocenters. The van der Waals surface area contributed by atoms with E-state index in [2.05, 4.69) is 9.55 Å². The quantitative estimate of drug-likeness (QED) is 0.909. The lowest BCUT2D eigenvalue weighted by Gasteiger charge is -2.30. The Morgan fingerprint density at radius 3 is 2.63 bits per heavy atom. The van der Waals surface area contributed by atoms with Crippen molar-refractivity contribution >= 4 is 11.6 Å². The summed E-state index contributed by atoms with van der Waals surface area (Å²) in [4.78, 5) is 4.30. The Labute approximate surface area is 118 Å². The van der Waals surface area contributed by atoms with E-state index in [-0.39, 0.29) is 6.04 Å². The molecule has 2 aromatic rings. The first kappa shape index (κ1) is 12.7. The van der Waals surface area contributed by atoms with E-state index in [4.69, 9.17) is 17.3 Å². The minimum absolute atomic E-state index is 0.231. The summed E-state index contributed by atoms with van der Waals surface area (Å²) in [6, 6.07) is 8.48. The summed E-state index contributed by atoms with van der Waals surface area (Å²) < 4.78 is 2.23. The van der Waals surface area contributed by atoms with Crippen molar-refractivity contribution < 1.29 is 0 Å². The number of benzene rings is 1. The van der Waals surface area contributed by atoms with Crippen LogP contribution >= 0.6 is 11.6 Å². The molecule has 0 aliphatic heterocycles. The summed E-state index contributed by atoms with van der Waals surface area (Å²) in [5.41, 5.74) is 8.53. The molecular formula is C15H18ClN3. The first-order valence-corrected chi connectivity index (χ1v) is 7.17. The number of rotatable bonds is 2. The van der Waals surface area contributed by atoms with Gasteiger partial charge in [-0.25, -0.2) is 4.98 Å². The summed E-state index contributed by atoms with van der Waals surface area (Å²) in [6.07, 6.45) is 8.53. The molecule has 4 heteroatoms. The molecule has 1 saturated carbocycles. The van der Waals surface area contributed by atoms with E-state index in [1.807, 2.05) is 36.8 Å². The van der Waals surface area contributed by atoms with Crippen molar-refractivity contribution in [3.63, 3.8) is 0 Å². The van der Waals surface area contributed by atoms with Gasteiger partial charge in [0, 0.05) is 11.1 Å². The number of halogens is 1. The van der Waals surface area contributed by atoms with Crippen molar-refractivity contribution in [3.8, 4) is 11.3 Å². The highest BCUT2D eigenvalue weighted by Gasteiger charge is 2.25. The summed E-state index contributed by atoms with van der Waals surface area (Å²) in [7, 11) is 0. The van der Waals surface area contributed by atoms with Gasteiger partial charge in [-0.2, -0.15) is 0 Å². The van der Waals surface area contributed by atoms with Crippen molar-refractivity contribution in [2.24, 2.45) is 5.73 Å². The van der Waals surface area contributed by atoms with E-state index >= 15 is 0 Å².